The van der Waals surface area contributed by atoms with E-state index in [-0.39, 0.29) is 17.1 Å². The fourth-order valence-corrected chi connectivity index (χ4v) is 5.09. The van der Waals surface area contributed by atoms with Gasteiger partial charge in [0.05, 0.1) is 12.2 Å². The van der Waals surface area contributed by atoms with Crippen molar-refractivity contribution in [2.75, 3.05) is 36.9 Å². The summed E-state index contributed by atoms with van der Waals surface area (Å²) < 4.78 is 40.6. The van der Waals surface area contributed by atoms with E-state index in [0.717, 1.165) is 32.5 Å². The number of likely N-dealkylation sites (tertiary alicyclic amines) is 1. The van der Waals surface area contributed by atoms with Crippen LogP contribution in [0, 0.1) is 17.6 Å². The van der Waals surface area contributed by atoms with Crippen LogP contribution in [-0.4, -0.2) is 57.2 Å². The topological polar surface area (TPSA) is 117 Å². The highest BCUT2D eigenvalue weighted by Gasteiger charge is 2.21. The molecule has 4 heterocycles. The average molecular weight is 600 g/mol. The van der Waals surface area contributed by atoms with Crippen LogP contribution in [0.2, 0.25) is 0 Å². The Morgan fingerprint density at radius 2 is 1.80 bits per heavy atom. The quantitative estimate of drug-likeness (QED) is 0.166. The van der Waals surface area contributed by atoms with Crippen LogP contribution in [0.5, 0.6) is 17.4 Å². The van der Waals surface area contributed by atoms with Gasteiger partial charge < -0.3 is 25.0 Å². The number of hydrogen-bond acceptors (Lipinski definition) is 8. The lowest BCUT2D eigenvalue weighted by Crippen LogP contribution is -2.35. The summed E-state index contributed by atoms with van der Waals surface area (Å²) in [5, 5.41) is 13.4. The van der Waals surface area contributed by atoms with Gasteiger partial charge in [-0.2, -0.15) is 0 Å². The SMILES string of the molecule is CCN1CCC(COc2n[nH]c3nccc(Oc4ccc(Nc5ncccc5C(=O)Nc5ccc(F)cc5)cc4F)c23)CC1. The third-order valence-electron chi connectivity index (χ3n) is 7.57. The monoisotopic (exact) mass is 599 g/mol. The third-order valence-corrected chi connectivity index (χ3v) is 7.57. The molecule has 0 spiro atoms. The summed E-state index contributed by atoms with van der Waals surface area (Å²) in [4.78, 5) is 23.9. The van der Waals surface area contributed by atoms with Crippen LogP contribution in [0.3, 0.4) is 0 Å². The Morgan fingerprint density at radius 1 is 1.00 bits per heavy atom. The number of aromatic amines is 1. The Morgan fingerprint density at radius 3 is 2.57 bits per heavy atom. The summed E-state index contributed by atoms with van der Waals surface area (Å²) in [7, 11) is 0. The number of nitrogens with zero attached hydrogens (tertiary/aromatic N) is 4. The van der Waals surface area contributed by atoms with Crippen LogP contribution < -0.4 is 20.1 Å². The van der Waals surface area contributed by atoms with Gasteiger partial charge in [0.2, 0.25) is 5.88 Å². The number of anilines is 3. The average Bonchev–Trinajstić information content (AvgIpc) is 3.47. The Hall–Kier alpha value is -5.10. The third kappa shape index (κ3) is 6.60. The highest BCUT2D eigenvalue weighted by Crippen LogP contribution is 2.36. The number of benzene rings is 2. The number of carbonyl (C=O) groups excluding carboxylic acids is 1. The lowest BCUT2D eigenvalue weighted by Gasteiger charge is -2.30. The van der Waals surface area contributed by atoms with Gasteiger partial charge in [-0.3, -0.25) is 9.89 Å². The van der Waals surface area contributed by atoms with Gasteiger partial charge in [-0.25, -0.2) is 18.7 Å². The highest BCUT2D eigenvalue weighted by atomic mass is 19.1. The van der Waals surface area contributed by atoms with Crippen molar-refractivity contribution in [3.8, 4) is 17.4 Å². The predicted octanol–water partition coefficient (Wildman–Crippen LogP) is 6.53. The number of aromatic nitrogens is 4. The van der Waals surface area contributed by atoms with Crippen LogP contribution in [0.25, 0.3) is 11.0 Å². The summed E-state index contributed by atoms with van der Waals surface area (Å²) in [5.74, 6) is -0.164. The maximum absolute atomic E-state index is 15.3. The Labute approximate surface area is 252 Å². The molecule has 1 saturated heterocycles. The van der Waals surface area contributed by atoms with Crippen molar-refractivity contribution in [1.82, 2.24) is 25.1 Å². The van der Waals surface area contributed by atoms with Crippen LogP contribution in [0.15, 0.2) is 73.1 Å². The number of amides is 1. The minimum absolute atomic E-state index is 0.0163. The van der Waals surface area contributed by atoms with Crippen molar-refractivity contribution >= 4 is 34.1 Å². The molecular formula is C32H31F2N7O3. The minimum Gasteiger partial charge on any atom is -0.476 e. The zero-order chi connectivity index (χ0) is 30.5. The molecular weight excluding hydrogens is 568 g/mol. The molecule has 3 aromatic heterocycles. The lowest BCUT2D eigenvalue weighted by atomic mass is 9.98. The summed E-state index contributed by atoms with van der Waals surface area (Å²) in [5.41, 5.74) is 1.47. The normalized spacial score (nSPS) is 14.0. The van der Waals surface area contributed by atoms with Gasteiger partial charge in [-0.05, 0) is 86.9 Å². The molecule has 0 radical (unpaired) electrons. The zero-order valence-electron chi connectivity index (χ0n) is 24.0. The fourth-order valence-electron chi connectivity index (χ4n) is 5.09. The van der Waals surface area contributed by atoms with Gasteiger partial charge in [0.25, 0.3) is 5.91 Å². The van der Waals surface area contributed by atoms with Crippen molar-refractivity contribution in [1.29, 1.82) is 0 Å². The molecule has 0 bridgehead atoms. The number of H-pyrrole nitrogens is 1. The lowest BCUT2D eigenvalue weighted by molar-refractivity contribution is 0.102. The molecule has 0 unspecified atom stereocenters. The molecule has 0 atom stereocenters. The number of ether oxygens (including phenoxy) is 2. The molecule has 0 aliphatic carbocycles. The first-order valence-corrected chi connectivity index (χ1v) is 14.4. The molecule has 3 N–H and O–H groups in total. The molecule has 6 rings (SSSR count). The molecule has 1 amide bonds. The van der Waals surface area contributed by atoms with E-state index in [2.05, 4.69) is 42.6 Å². The molecule has 12 heteroatoms. The first kappa shape index (κ1) is 29.0. The second kappa shape index (κ2) is 13.0. The second-order valence-electron chi connectivity index (χ2n) is 10.5. The maximum Gasteiger partial charge on any atom is 0.259 e. The summed E-state index contributed by atoms with van der Waals surface area (Å²) in [6, 6.07) is 14.6. The Balaban J connectivity index is 1.15. The van der Waals surface area contributed by atoms with Gasteiger partial charge in [-0.15, -0.1) is 5.10 Å². The minimum atomic E-state index is -0.637. The standard InChI is InChI=1S/C32H31F2N7O3/c1-2-41-16-12-20(13-17-41)19-43-32-28-27(11-15-36-30(28)39-40-32)44-26-10-9-23(18-25(26)34)37-29-24(4-3-14-35-29)31(42)38-22-7-5-21(33)6-8-22/h3-11,14-15,18,20H,2,12-13,16-17,19H2,1H3,(H,35,37)(H,38,42)(H,36,39,40). The van der Waals surface area contributed by atoms with Crippen molar-refractivity contribution < 1.29 is 23.0 Å². The van der Waals surface area contributed by atoms with Gasteiger partial charge in [0, 0.05) is 35.9 Å². The maximum atomic E-state index is 15.3. The van der Waals surface area contributed by atoms with Gasteiger partial charge in [-0.1, -0.05) is 6.92 Å². The van der Waals surface area contributed by atoms with Crippen LogP contribution in [0.1, 0.15) is 30.1 Å². The first-order chi connectivity index (χ1) is 21.5. The second-order valence-corrected chi connectivity index (χ2v) is 10.5. The summed E-state index contributed by atoms with van der Waals surface area (Å²) in [6.45, 7) is 5.85. The number of rotatable bonds is 10. The molecule has 44 heavy (non-hydrogen) atoms. The highest BCUT2D eigenvalue weighted by molar-refractivity contribution is 6.07. The number of fused-ring (bicyclic) bond motifs is 1. The first-order valence-electron chi connectivity index (χ1n) is 14.4. The van der Waals surface area contributed by atoms with Crippen LogP contribution in [-0.2, 0) is 0 Å². The molecule has 1 fully saturated rings. The van der Waals surface area contributed by atoms with E-state index in [1.54, 1.807) is 30.5 Å². The summed E-state index contributed by atoms with van der Waals surface area (Å²) in [6.07, 6.45) is 5.18. The molecule has 5 aromatic rings. The summed E-state index contributed by atoms with van der Waals surface area (Å²) >= 11 is 0. The fraction of sp³-hybridized carbons (Fsp3) is 0.250. The van der Waals surface area contributed by atoms with Gasteiger partial charge >= 0.3 is 0 Å². The number of hydrogen-bond donors (Lipinski definition) is 3. The number of halogens is 2. The zero-order valence-corrected chi connectivity index (χ0v) is 24.0. The number of carbonyl (C=O) groups is 1. The van der Waals surface area contributed by atoms with Crippen molar-refractivity contribution in [2.45, 2.75) is 19.8 Å². The number of piperidine rings is 1. The van der Waals surface area contributed by atoms with Crippen LogP contribution in [0.4, 0.5) is 26.0 Å². The van der Waals surface area contributed by atoms with Crippen molar-refractivity contribution in [3.05, 3.63) is 90.3 Å². The Kier molecular flexibility index (Phi) is 8.59. The Bertz CT molecular complexity index is 1760. The van der Waals surface area contributed by atoms with E-state index >= 15 is 4.39 Å². The predicted molar refractivity (Wildman–Crippen MR) is 163 cm³/mol. The van der Waals surface area contributed by atoms with E-state index in [4.69, 9.17) is 9.47 Å². The molecule has 0 saturated carbocycles. The van der Waals surface area contributed by atoms with Gasteiger partial charge in [0.1, 0.15) is 22.8 Å². The number of nitrogens with one attached hydrogen (secondary N) is 3. The van der Waals surface area contributed by atoms with Crippen molar-refractivity contribution in [2.24, 2.45) is 5.92 Å². The smallest absolute Gasteiger partial charge is 0.259 e. The van der Waals surface area contributed by atoms with E-state index in [1.165, 1.54) is 42.6 Å². The van der Waals surface area contributed by atoms with E-state index in [9.17, 15) is 9.18 Å². The molecule has 1 aliphatic heterocycles. The van der Waals surface area contributed by atoms with Gasteiger partial charge in [0.15, 0.2) is 17.2 Å². The molecule has 226 valence electrons. The van der Waals surface area contributed by atoms with E-state index in [1.807, 2.05) is 0 Å². The number of pyridine rings is 2. The molecule has 1 aliphatic rings. The van der Waals surface area contributed by atoms with Crippen LogP contribution >= 0.6 is 0 Å². The molecule has 10 nitrogen and oxygen atoms in total. The van der Waals surface area contributed by atoms with Crippen molar-refractivity contribution in [3.63, 3.8) is 0 Å². The van der Waals surface area contributed by atoms with E-state index in [0.29, 0.717) is 46.6 Å². The molecule has 2 aromatic carbocycles. The largest absolute Gasteiger partial charge is 0.476 e. The van der Waals surface area contributed by atoms with E-state index < -0.39 is 17.5 Å².